The van der Waals surface area contributed by atoms with Gasteiger partial charge in [0.1, 0.15) is 5.75 Å². The number of benzene rings is 1. The molecule has 1 aromatic carbocycles. The number of fused-ring (bicyclic) bond motifs is 1. The van der Waals surface area contributed by atoms with Crippen molar-refractivity contribution in [2.24, 2.45) is 0 Å². The number of para-hydroxylation sites is 1. The molecular formula is C18H20O2S. The van der Waals surface area contributed by atoms with Gasteiger partial charge in [0.05, 0.1) is 17.0 Å². The summed E-state index contributed by atoms with van der Waals surface area (Å²) in [6, 6.07) is 9.67. The van der Waals surface area contributed by atoms with E-state index in [1.165, 1.54) is 23.3 Å². The lowest BCUT2D eigenvalue weighted by Crippen LogP contribution is -2.04. The van der Waals surface area contributed by atoms with Crippen molar-refractivity contribution in [1.82, 2.24) is 0 Å². The molecular weight excluding hydrogens is 280 g/mol. The Hall–Kier alpha value is -1.61. The molecule has 0 bridgehead atoms. The van der Waals surface area contributed by atoms with Crippen molar-refractivity contribution in [3.05, 3.63) is 51.2 Å². The molecule has 2 aromatic rings. The fraction of sp³-hybridized carbons (Fsp3) is 0.389. The van der Waals surface area contributed by atoms with Crippen molar-refractivity contribution in [2.75, 3.05) is 6.61 Å². The van der Waals surface area contributed by atoms with Crippen LogP contribution in [0.4, 0.5) is 0 Å². The van der Waals surface area contributed by atoms with E-state index < -0.39 is 0 Å². The third-order valence-electron chi connectivity index (χ3n) is 3.81. The first-order valence-electron chi connectivity index (χ1n) is 7.67. The second-order valence-corrected chi connectivity index (χ2v) is 6.58. The number of carbonyl (C=O) groups is 1. The maximum absolute atomic E-state index is 12.8. The van der Waals surface area contributed by atoms with Gasteiger partial charge < -0.3 is 4.74 Å². The van der Waals surface area contributed by atoms with Crippen LogP contribution < -0.4 is 4.74 Å². The van der Waals surface area contributed by atoms with Crippen LogP contribution in [0.2, 0.25) is 0 Å². The molecule has 0 unspecified atom stereocenters. The van der Waals surface area contributed by atoms with Gasteiger partial charge in [-0.05, 0) is 55.9 Å². The molecule has 110 valence electrons. The van der Waals surface area contributed by atoms with E-state index in [2.05, 4.69) is 13.0 Å². The van der Waals surface area contributed by atoms with Crippen molar-refractivity contribution >= 4 is 17.1 Å². The molecule has 2 nitrogen and oxygen atoms in total. The molecule has 1 aromatic heterocycles. The first kappa shape index (κ1) is 14.3. The molecule has 0 fully saturated rings. The van der Waals surface area contributed by atoms with Crippen LogP contribution in [0.15, 0.2) is 30.3 Å². The molecule has 0 N–H and O–H groups in total. The van der Waals surface area contributed by atoms with Gasteiger partial charge in [-0.3, -0.25) is 4.79 Å². The highest BCUT2D eigenvalue weighted by Crippen LogP contribution is 2.32. The topological polar surface area (TPSA) is 26.3 Å². The molecule has 0 spiro atoms. The van der Waals surface area contributed by atoms with Gasteiger partial charge in [0.2, 0.25) is 5.78 Å². The summed E-state index contributed by atoms with van der Waals surface area (Å²) >= 11 is 1.67. The average molecular weight is 300 g/mol. The van der Waals surface area contributed by atoms with Crippen LogP contribution in [0.5, 0.6) is 5.75 Å². The number of hydrogen-bond donors (Lipinski definition) is 0. The van der Waals surface area contributed by atoms with Crippen LogP contribution >= 0.6 is 11.3 Å². The molecule has 1 heterocycles. The normalized spacial score (nSPS) is 13.8. The van der Waals surface area contributed by atoms with Crippen LogP contribution in [-0.4, -0.2) is 12.4 Å². The Kier molecular flexibility index (Phi) is 4.39. The van der Waals surface area contributed by atoms with Gasteiger partial charge in [-0.1, -0.05) is 19.1 Å². The average Bonchev–Trinajstić information content (AvgIpc) is 2.96. The molecule has 0 amide bonds. The minimum absolute atomic E-state index is 0.0982. The monoisotopic (exact) mass is 300 g/mol. The number of ether oxygens (including phenoxy) is 1. The second-order valence-electron chi connectivity index (χ2n) is 5.44. The number of ketones is 1. The lowest BCUT2D eigenvalue weighted by atomic mass is 9.98. The molecule has 0 atom stereocenters. The Balaban J connectivity index is 1.89. The predicted octanol–water partition coefficient (Wildman–Crippen LogP) is 4.65. The first-order chi connectivity index (χ1) is 10.3. The Morgan fingerprint density at radius 3 is 2.86 bits per heavy atom. The van der Waals surface area contributed by atoms with Gasteiger partial charge in [-0.25, -0.2) is 0 Å². The number of rotatable bonds is 5. The summed E-state index contributed by atoms with van der Waals surface area (Å²) in [5, 5.41) is 0. The largest absolute Gasteiger partial charge is 0.493 e. The zero-order chi connectivity index (χ0) is 14.7. The van der Waals surface area contributed by atoms with E-state index in [1.54, 1.807) is 11.3 Å². The SMILES string of the molecule is CCCOc1ccccc1C(=O)c1cc2c(s1)CCCC2. The van der Waals surface area contributed by atoms with Crippen molar-refractivity contribution in [3.63, 3.8) is 0 Å². The summed E-state index contributed by atoms with van der Waals surface area (Å²) in [5.41, 5.74) is 2.06. The van der Waals surface area contributed by atoms with Gasteiger partial charge in [0.15, 0.2) is 0 Å². The van der Waals surface area contributed by atoms with Crippen molar-refractivity contribution < 1.29 is 9.53 Å². The van der Waals surface area contributed by atoms with Gasteiger partial charge in [-0.2, -0.15) is 0 Å². The van der Waals surface area contributed by atoms with Crippen molar-refractivity contribution in [1.29, 1.82) is 0 Å². The number of hydrogen-bond acceptors (Lipinski definition) is 3. The van der Waals surface area contributed by atoms with E-state index in [0.717, 1.165) is 24.1 Å². The zero-order valence-corrected chi connectivity index (χ0v) is 13.2. The van der Waals surface area contributed by atoms with Crippen molar-refractivity contribution in [3.8, 4) is 5.75 Å². The summed E-state index contributed by atoms with van der Waals surface area (Å²) in [6.07, 6.45) is 5.68. The zero-order valence-electron chi connectivity index (χ0n) is 12.4. The Morgan fingerprint density at radius 2 is 2.05 bits per heavy atom. The molecule has 0 radical (unpaired) electrons. The fourth-order valence-electron chi connectivity index (χ4n) is 2.73. The minimum Gasteiger partial charge on any atom is -0.493 e. The maximum atomic E-state index is 12.8. The van der Waals surface area contributed by atoms with E-state index in [-0.39, 0.29) is 5.78 Å². The van der Waals surface area contributed by atoms with E-state index in [1.807, 2.05) is 24.3 Å². The van der Waals surface area contributed by atoms with Crippen LogP contribution in [-0.2, 0) is 12.8 Å². The van der Waals surface area contributed by atoms with Gasteiger partial charge in [0, 0.05) is 4.88 Å². The highest BCUT2D eigenvalue weighted by atomic mass is 32.1. The summed E-state index contributed by atoms with van der Waals surface area (Å²) in [5.74, 6) is 0.803. The smallest absolute Gasteiger partial charge is 0.206 e. The Labute approximate surface area is 129 Å². The Bertz CT molecular complexity index is 619. The third kappa shape index (κ3) is 3.03. The molecule has 1 aliphatic rings. The second kappa shape index (κ2) is 6.44. The molecule has 21 heavy (non-hydrogen) atoms. The molecule has 1 aliphatic carbocycles. The van der Waals surface area contributed by atoms with Gasteiger partial charge >= 0.3 is 0 Å². The standard InChI is InChI=1S/C18H20O2S/c1-2-11-20-15-9-5-4-8-14(15)18(19)17-12-13-7-3-6-10-16(13)21-17/h4-5,8-9,12H,2-3,6-7,10-11H2,1H3. The van der Waals surface area contributed by atoms with Crippen LogP contribution in [0.3, 0.4) is 0 Å². The highest BCUT2D eigenvalue weighted by molar-refractivity contribution is 7.14. The third-order valence-corrected chi connectivity index (χ3v) is 5.05. The molecule has 3 heteroatoms. The number of thiophene rings is 1. The van der Waals surface area contributed by atoms with Crippen LogP contribution in [0.25, 0.3) is 0 Å². The number of aryl methyl sites for hydroxylation is 2. The molecule has 0 aliphatic heterocycles. The van der Waals surface area contributed by atoms with E-state index in [9.17, 15) is 4.79 Å². The van der Waals surface area contributed by atoms with E-state index in [4.69, 9.17) is 4.74 Å². The lowest BCUT2D eigenvalue weighted by Gasteiger charge is -2.09. The Morgan fingerprint density at radius 1 is 1.24 bits per heavy atom. The summed E-state index contributed by atoms with van der Waals surface area (Å²) in [6.45, 7) is 2.71. The number of carbonyl (C=O) groups excluding carboxylic acids is 1. The maximum Gasteiger partial charge on any atom is 0.206 e. The lowest BCUT2D eigenvalue weighted by molar-refractivity contribution is 0.103. The van der Waals surface area contributed by atoms with Crippen molar-refractivity contribution in [2.45, 2.75) is 39.0 Å². The van der Waals surface area contributed by atoms with Gasteiger partial charge in [-0.15, -0.1) is 11.3 Å². The van der Waals surface area contributed by atoms with Crippen LogP contribution in [0.1, 0.15) is 51.9 Å². The van der Waals surface area contributed by atoms with Gasteiger partial charge in [0.25, 0.3) is 0 Å². The first-order valence-corrected chi connectivity index (χ1v) is 8.49. The summed E-state index contributed by atoms with van der Waals surface area (Å²) in [4.78, 5) is 15.0. The summed E-state index contributed by atoms with van der Waals surface area (Å²) in [7, 11) is 0. The van der Waals surface area contributed by atoms with E-state index in [0.29, 0.717) is 17.9 Å². The predicted molar refractivity (Wildman–Crippen MR) is 86.6 cm³/mol. The van der Waals surface area contributed by atoms with Crippen LogP contribution in [0, 0.1) is 0 Å². The molecule has 0 saturated carbocycles. The fourth-order valence-corrected chi connectivity index (χ4v) is 3.94. The minimum atomic E-state index is 0.0982. The highest BCUT2D eigenvalue weighted by Gasteiger charge is 2.20. The summed E-state index contributed by atoms with van der Waals surface area (Å²) < 4.78 is 5.71. The molecule has 0 saturated heterocycles. The quantitative estimate of drug-likeness (QED) is 0.751. The van der Waals surface area contributed by atoms with E-state index >= 15 is 0 Å². The molecule has 3 rings (SSSR count).